The van der Waals surface area contributed by atoms with Crippen molar-refractivity contribution in [3.63, 3.8) is 0 Å². The predicted octanol–water partition coefficient (Wildman–Crippen LogP) is 0.304. The van der Waals surface area contributed by atoms with Gasteiger partial charge in [0.25, 0.3) is 0 Å². The summed E-state index contributed by atoms with van der Waals surface area (Å²) in [5, 5.41) is 23.1. The van der Waals surface area contributed by atoms with E-state index in [1.165, 1.54) is 20.8 Å². The lowest BCUT2D eigenvalue weighted by Gasteiger charge is -2.39. The molecule has 0 aromatic rings. The first kappa shape index (κ1) is 24.8. The number of hydrogen-bond donors (Lipinski definition) is 2. The Kier molecular flexibility index (Phi) is 6.16. The van der Waals surface area contributed by atoms with E-state index in [0.717, 1.165) is 20.1 Å². The Balaban J connectivity index is 2.21. The van der Waals surface area contributed by atoms with Gasteiger partial charge < -0.3 is 29.2 Å². The van der Waals surface area contributed by atoms with E-state index in [1.54, 1.807) is 6.92 Å². The molecule has 7 atom stereocenters. The molecular formula is C23H28O10. The highest BCUT2D eigenvalue weighted by Gasteiger charge is 2.62. The van der Waals surface area contributed by atoms with Gasteiger partial charge >= 0.3 is 17.9 Å². The third-order valence-corrected chi connectivity index (χ3v) is 6.74. The Labute approximate surface area is 190 Å². The minimum Gasteiger partial charge on any atom is -0.466 e. The molecule has 0 bridgehead atoms. The van der Waals surface area contributed by atoms with E-state index in [9.17, 15) is 29.4 Å². The Morgan fingerprint density at radius 3 is 2.27 bits per heavy atom. The van der Waals surface area contributed by atoms with E-state index in [1.807, 2.05) is 0 Å². The summed E-state index contributed by atoms with van der Waals surface area (Å²) in [6, 6.07) is 0. The van der Waals surface area contributed by atoms with Gasteiger partial charge in [0.15, 0.2) is 23.1 Å². The van der Waals surface area contributed by atoms with Crippen LogP contribution in [0.15, 0.2) is 34.9 Å². The highest BCUT2D eigenvalue weighted by atomic mass is 16.7. The smallest absolute Gasteiger partial charge is 0.341 e. The van der Waals surface area contributed by atoms with Crippen molar-refractivity contribution in [2.75, 3.05) is 7.11 Å². The number of fused-ring (bicyclic) bond motifs is 1. The summed E-state index contributed by atoms with van der Waals surface area (Å²) in [6.07, 6.45) is -4.12. The molecule has 1 saturated heterocycles. The fraction of sp³-hybridized carbons (Fsp3) is 0.565. The van der Waals surface area contributed by atoms with Gasteiger partial charge in [0, 0.05) is 18.1 Å². The number of carbonyl (C=O) groups excluding carboxylic acids is 4. The fourth-order valence-corrected chi connectivity index (χ4v) is 4.58. The van der Waals surface area contributed by atoms with Gasteiger partial charge in [-0.2, -0.15) is 0 Å². The lowest BCUT2D eigenvalue weighted by molar-refractivity contribution is -0.172. The van der Waals surface area contributed by atoms with E-state index >= 15 is 0 Å². The molecule has 10 heteroatoms. The Hall–Kier alpha value is -2.82. The Morgan fingerprint density at radius 2 is 1.79 bits per heavy atom. The molecule has 0 spiro atoms. The molecule has 1 heterocycles. The van der Waals surface area contributed by atoms with Crippen molar-refractivity contribution >= 4 is 23.7 Å². The maximum absolute atomic E-state index is 12.9. The van der Waals surface area contributed by atoms with Gasteiger partial charge in [0.05, 0.1) is 19.1 Å². The molecule has 0 aromatic heterocycles. The molecule has 2 N–H and O–H groups in total. The molecule has 3 rings (SSSR count). The lowest BCUT2D eigenvalue weighted by Crippen LogP contribution is -2.54. The summed E-state index contributed by atoms with van der Waals surface area (Å²) in [4.78, 5) is 50.1. The number of ketones is 1. The van der Waals surface area contributed by atoms with Crippen molar-refractivity contribution in [1.29, 1.82) is 0 Å². The zero-order valence-corrected chi connectivity index (χ0v) is 19.3. The predicted molar refractivity (Wildman–Crippen MR) is 111 cm³/mol. The summed E-state index contributed by atoms with van der Waals surface area (Å²) in [7, 11) is 1.09. The number of hydrogen-bond acceptors (Lipinski definition) is 10. The molecular weight excluding hydrogens is 436 g/mol. The van der Waals surface area contributed by atoms with Gasteiger partial charge in [-0.25, -0.2) is 9.59 Å². The normalized spacial score (nSPS) is 37.5. The number of esters is 3. The number of rotatable bonds is 5. The van der Waals surface area contributed by atoms with E-state index in [-0.39, 0.29) is 22.3 Å². The molecule has 2 aliphatic carbocycles. The van der Waals surface area contributed by atoms with Crippen LogP contribution in [0.25, 0.3) is 0 Å². The van der Waals surface area contributed by atoms with E-state index in [2.05, 4.69) is 6.58 Å². The SMILES string of the molecule is C=C(C(=O)OC)C1C(O)C(OC(=O)C2(C)OC2C)C(C)=C2C(=O)C=C(C)C2(O)C1OC(C)=O. The zero-order chi connectivity index (χ0) is 25.0. The van der Waals surface area contributed by atoms with Crippen LogP contribution in [0, 0.1) is 5.92 Å². The van der Waals surface area contributed by atoms with Crippen LogP contribution in [0.2, 0.25) is 0 Å². The third kappa shape index (κ3) is 3.71. The second-order valence-electron chi connectivity index (χ2n) is 8.77. The molecule has 0 radical (unpaired) electrons. The van der Waals surface area contributed by atoms with Crippen LogP contribution in [-0.2, 0) is 38.1 Å². The largest absolute Gasteiger partial charge is 0.466 e. The topological polar surface area (TPSA) is 149 Å². The molecule has 10 nitrogen and oxygen atoms in total. The number of methoxy groups -OCH3 is 1. The van der Waals surface area contributed by atoms with Gasteiger partial charge in [-0.05, 0) is 44.9 Å². The summed E-state index contributed by atoms with van der Waals surface area (Å²) in [5.41, 5.74) is -3.83. The molecule has 0 aromatic carbocycles. The summed E-state index contributed by atoms with van der Waals surface area (Å²) < 4.78 is 21.0. The number of aliphatic hydroxyl groups excluding tert-OH is 1. The van der Waals surface area contributed by atoms with Crippen LogP contribution in [0.3, 0.4) is 0 Å². The quantitative estimate of drug-likeness (QED) is 0.252. The van der Waals surface area contributed by atoms with Crippen molar-refractivity contribution in [3.8, 4) is 0 Å². The summed E-state index contributed by atoms with van der Waals surface area (Å²) in [5.74, 6) is -4.68. The highest BCUT2D eigenvalue weighted by molar-refractivity contribution is 6.11. The standard InChI is InChI=1S/C23H28O10/c1-9-8-14(25)16-11(3)18(32-21(28)22(6)12(4)33-22)17(26)15(10(2)20(27)30-7)19(23(9,16)29)31-13(5)24/h8,12,15,17-19,26,29H,2H2,1,3-7H3. The van der Waals surface area contributed by atoms with Crippen LogP contribution in [0.1, 0.15) is 34.6 Å². The summed E-state index contributed by atoms with van der Waals surface area (Å²) >= 11 is 0. The molecule has 1 fully saturated rings. The number of carbonyl (C=O) groups is 4. The van der Waals surface area contributed by atoms with Gasteiger partial charge in [-0.15, -0.1) is 0 Å². The summed E-state index contributed by atoms with van der Waals surface area (Å²) in [6.45, 7) is 10.8. The maximum atomic E-state index is 12.9. The average molecular weight is 464 g/mol. The minimum atomic E-state index is -2.20. The molecule has 3 aliphatic rings. The number of epoxide rings is 1. The van der Waals surface area contributed by atoms with E-state index < -0.39 is 65.2 Å². The Bertz CT molecular complexity index is 1010. The molecule has 33 heavy (non-hydrogen) atoms. The number of ether oxygens (including phenoxy) is 4. The van der Waals surface area contributed by atoms with Gasteiger partial charge in [-0.1, -0.05) is 6.58 Å². The second kappa shape index (κ2) is 8.19. The van der Waals surface area contributed by atoms with Gasteiger partial charge in [0.2, 0.25) is 0 Å². The van der Waals surface area contributed by atoms with Gasteiger partial charge in [-0.3, -0.25) is 9.59 Å². The first-order valence-corrected chi connectivity index (χ1v) is 10.4. The fourth-order valence-electron chi connectivity index (χ4n) is 4.58. The van der Waals surface area contributed by atoms with Crippen LogP contribution >= 0.6 is 0 Å². The van der Waals surface area contributed by atoms with Crippen LogP contribution < -0.4 is 0 Å². The van der Waals surface area contributed by atoms with E-state index in [0.29, 0.717) is 0 Å². The van der Waals surface area contributed by atoms with Crippen molar-refractivity contribution < 1.29 is 48.3 Å². The third-order valence-electron chi connectivity index (χ3n) is 6.74. The van der Waals surface area contributed by atoms with E-state index in [4.69, 9.17) is 18.9 Å². The first-order valence-electron chi connectivity index (χ1n) is 10.4. The number of aliphatic hydroxyl groups is 2. The second-order valence-corrected chi connectivity index (χ2v) is 8.77. The molecule has 1 aliphatic heterocycles. The molecule has 0 amide bonds. The zero-order valence-electron chi connectivity index (χ0n) is 19.3. The molecule has 180 valence electrons. The lowest BCUT2D eigenvalue weighted by atomic mass is 9.76. The van der Waals surface area contributed by atoms with Crippen LogP contribution in [-0.4, -0.2) is 76.6 Å². The highest BCUT2D eigenvalue weighted by Crippen LogP contribution is 2.48. The minimum absolute atomic E-state index is 0.0469. The van der Waals surface area contributed by atoms with Crippen LogP contribution in [0.4, 0.5) is 0 Å². The van der Waals surface area contributed by atoms with Crippen molar-refractivity contribution in [2.45, 2.75) is 70.2 Å². The molecule has 0 saturated carbocycles. The maximum Gasteiger partial charge on any atom is 0.341 e. The van der Waals surface area contributed by atoms with Crippen LogP contribution in [0.5, 0.6) is 0 Å². The first-order chi connectivity index (χ1) is 15.2. The number of allylic oxidation sites excluding steroid dienone is 1. The van der Waals surface area contributed by atoms with Crippen molar-refractivity contribution in [2.24, 2.45) is 5.92 Å². The molecule has 7 unspecified atom stereocenters. The Morgan fingerprint density at radius 1 is 1.21 bits per heavy atom. The average Bonchev–Trinajstić information content (AvgIpc) is 3.29. The van der Waals surface area contributed by atoms with Gasteiger partial charge in [0.1, 0.15) is 12.2 Å². The monoisotopic (exact) mass is 464 g/mol. The van der Waals surface area contributed by atoms with Crippen molar-refractivity contribution in [1.82, 2.24) is 0 Å². The van der Waals surface area contributed by atoms with Crippen molar-refractivity contribution in [3.05, 3.63) is 34.9 Å².